The van der Waals surface area contributed by atoms with Crippen LogP contribution in [0.4, 0.5) is 17.1 Å². The third-order valence-corrected chi connectivity index (χ3v) is 10.0. The van der Waals surface area contributed by atoms with E-state index in [1.165, 1.54) is 69.3 Å². The normalized spacial score (nSPS) is 11.6. The summed E-state index contributed by atoms with van der Waals surface area (Å²) in [4.78, 5) is 2.40. The maximum atomic E-state index is 2.40. The number of fused-ring (bicyclic) bond motifs is 8. The number of hydrogen-bond donors (Lipinski definition) is 0. The van der Waals surface area contributed by atoms with Crippen LogP contribution in [-0.4, -0.2) is 0 Å². The molecule has 0 fully saturated rings. The summed E-state index contributed by atoms with van der Waals surface area (Å²) in [5, 5.41) is 10.3. The van der Waals surface area contributed by atoms with Gasteiger partial charge in [-0.3, -0.25) is 0 Å². The van der Waals surface area contributed by atoms with Crippen LogP contribution in [0.15, 0.2) is 164 Å². The van der Waals surface area contributed by atoms with E-state index in [1.54, 1.807) is 0 Å². The minimum absolute atomic E-state index is 1.14. The van der Waals surface area contributed by atoms with Crippen molar-refractivity contribution in [1.29, 1.82) is 0 Å². The average Bonchev–Trinajstić information content (AvgIpc) is 3.48. The van der Waals surface area contributed by atoms with Gasteiger partial charge in [0.05, 0.1) is 10.4 Å². The van der Waals surface area contributed by atoms with Gasteiger partial charge >= 0.3 is 0 Å². The van der Waals surface area contributed by atoms with Crippen LogP contribution < -0.4 is 4.90 Å². The molecule has 0 saturated heterocycles. The van der Waals surface area contributed by atoms with Crippen molar-refractivity contribution in [3.05, 3.63) is 164 Å². The number of benzene rings is 8. The molecule has 0 radical (unpaired) electrons. The Hall–Kier alpha value is -5.44. The van der Waals surface area contributed by atoms with Crippen LogP contribution in [0.2, 0.25) is 0 Å². The highest BCUT2D eigenvalue weighted by molar-refractivity contribution is 7.26. The predicted octanol–water partition coefficient (Wildman–Crippen LogP) is 12.7. The third-order valence-electron chi connectivity index (χ3n) is 8.82. The molecule has 9 aromatic rings. The molecule has 1 nitrogen and oxygen atoms in total. The number of nitrogens with zero attached hydrogens (tertiary/aromatic N) is 1. The van der Waals surface area contributed by atoms with E-state index < -0.39 is 0 Å². The molecule has 1 aromatic heterocycles. The largest absolute Gasteiger partial charge is 0.309 e. The molecule has 0 N–H and O–H groups in total. The van der Waals surface area contributed by atoms with E-state index >= 15 is 0 Å². The Morgan fingerprint density at radius 1 is 0.409 bits per heavy atom. The maximum absolute atomic E-state index is 2.40. The Morgan fingerprint density at radius 2 is 1.07 bits per heavy atom. The molecular weight excluding hydrogens is 551 g/mol. The van der Waals surface area contributed by atoms with Crippen LogP contribution >= 0.6 is 11.3 Å². The van der Waals surface area contributed by atoms with Crippen molar-refractivity contribution >= 4 is 80.9 Å². The molecule has 0 aliphatic rings. The number of para-hydroxylation sites is 1. The summed E-state index contributed by atoms with van der Waals surface area (Å²) >= 11 is 1.87. The first-order chi connectivity index (χ1) is 21.8. The standard InChI is InChI=1S/C42H27NS/c1-2-13-31(14-3-1)43(39-19-10-18-37-35-17-8-9-20-40(35)44-42(37)39)32-24-21-29(22-25-32)38-27-30-12-5-6-15-33(30)36-26-23-28-11-4-7-16-34(28)41(36)38/h1-27H. The fourth-order valence-corrected chi connectivity index (χ4v) is 8.02. The molecule has 0 spiro atoms. The van der Waals surface area contributed by atoms with Crippen LogP contribution in [0.5, 0.6) is 0 Å². The molecule has 0 aliphatic heterocycles. The molecule has 44 heavy (non-hydrogen) atoms. The quantitative estimate of drug-likeness (QED) is 0.188. The highest BCUT2D eigenvalue weighted by atomic mass is 32.1. The Morgan fingerprint density at radius 3 is 1.91 bits per heavy atom. The van der Waals surface area contributed by atoms with Crippen LogP contribution in [-0.2, 0) is 0 Å². The van der Waals surface area contributed by atoms with Gasteiger partial charge in [0.2, 0.25) is 0 Å². The molecule has 2 heteroatoms. The molecule has 1 heterocycles. The second-order valence-electron chi connectivity index (χ2n) is 11.3. The molecule has 0 atom stereocenters. The second kappa shape index (κ2) is 10.1. The Labute approximate surface area is 259 Å². The summed E-state index contributed by atoms with van der Waals surface area (Å²) in [5.41, 5.74) is 5.96. The van der Waals surface area contributed by atoms with Crippen molar-refractivity contribution in [2.45, 2.75) is 0 Å². The first kappa shape index (κ1) is 25.1. The van der Waals surface area contributed by atoms with Crippen LogP contribution in [0.1, 0.15) is 0 Å². The van der Waals surface area contributed by atoms with E-state index in [0.29, 0.717) is 0 Å². The highest BCUT2D eigenvalue weighted by Gasteiger charge is 2.18. The zero-order valence-electron chi connectivity index (χ0n) is 23.9. The Bertz CT molecular complexity index is 2490. The molecule has 0 amide bonds. The predicted molar refractivity (Wildman–Crippen MR) is 192 cm³/mol. The summed E-state index contributed by atoms with van der Waals surface area (Å²) in [6.07, 6.45) is 0. The highest BCUT2D eigenvalue weighted by Crippen LogP contribution is 2.45. The molecule has 8 aromatic carbocycles. The van der Waals surface area contributed by atoms with Gasteiger partial charge in [-0.1, -0.05) is 121 Å². The van der Waals surface area contributed by atoms with Crippen LogP contribution in [0, 0.1) is 0 Å². The lowest BCUT2D eigenvalue weighted by atomic mass is 9.90. The SMILES string of the molecule is c1ccc(N(c2ccc(-c3cc4ccccc4c4ccc5ccccc5c34)cc2)c2cccc3c2sc2ccccc23)cc1. The summed E-state index contributed by atoms with van der Waals surface area (Å²) in [6, 6.07) is 59.7. The Kier molecular flexibility index (Phi) is 5.75. The lowest BCUT2D eigenvalue weighted by Gasteiger charge is -2.26. The van der Waals surface area contributed by atoms with Crippen molar-refractivity contribution in [1.82, 2.24) is 0 Å². The van der Waals surface area contributed by atoms with Gasteiger partial charge in [-0.15, -0.1) is 11.3 Å². The number of thiophene rings is 1. The first-order valence-corrected chi connectivity index (χ1v) is 15.8. The molecule has 0 aliphatic carbocycles. The van der Waals surface area contributed by atoms with Gasteiger partial charge in [-0.2, -0.15) is 0 Å². The first-order valence-electron chi connectivity index (χ1n) is 15.0. The molecule has 0 bridgehead atoms. The third kappa shape index (κ3) is 3.92. The van der Waals surface area contributed by atoms with Crippen LogP contribution in [0.3, 0.4) is 0 Å². The lowest BCUT2D eigenvalue weighted by molar-refractivity contribution is 1.30. The number of hydrogen-bond acceptors (Lipinski definition) is 2. The van der Waals surface area contributed by atoms with Crippen molar-refractivity contribution in [3.8, 4) is 11.1 Å². The maximum Gasteiger partial charge on any atom is 0.0640 e. The van der Waals surface area contributed by atoms with E-state index in [-0.39, 0.29) is 0 Å². The second-order valence-corrected chi connectivity index (χ2v) is 12.4. The van der Waals surface area contributed by atoms with E-state index in [9.17, 15) is 0 Å². The van der Waals surface area contributed by atoms with Gasteiger partial charge in [0, 0.05) is 26.8 Å². The molecule has 0 unspecified atom stereocenters. The van der Waals surface area contributed by atoms with E-state index in [1.807, 2.05) is 11.3 Å². The summed E-state index contributed by atoms with van der Waals surface area (Å²) in [7, 11) is 0. The average molecular weight is 578 g/mol. The van der Waals surface area contributed by atoms with Gasteiger partial charge in [0.1, 0.15) is 0 Å². The van der Waals surface area contributed by atoms with E-state index in [0.717, 1.165) is 11.4 Å². The van der Waals surface area contributed by atoms with Gasteiger partial charge in [0.15, 0.2) is 0 Å². The zero-order chi connectivity index (χ0) is 29.0. The van der Waals surface area contributed by atoms with Gasteiger partial charge in [-0.05, 0) is 85.9 Å². The minimum atomic E-state index is 1.14. The van der Waals surface area contributed by atoms with Crippen LogP contribution in [0.25, 0.3) is 63.6 Å². The lowest BCUT2D eigenvalue weighted by Crippen LogP contribution is -2.09. The summed E-state index contributed by atoms with van der Waals surface area (Å²) in [5.74, 6) is 0. The van der Waals surface area contributed by atoms with Crippen molar-refractivity contribution in [2.75, 3.05) is 4.90 Å². The molecule has 206 valence electrons. The minimum Gasteiger partial charge on any atom is -0.309 e. The van der Waals surface area contributed by atoms with Gasteiger partial charge in [0.25, 0.3) is 0 Å². The van der Waals surface area contributed by atoms with E-state index in [4.69, 9.17) is 0 Å². The van der Waals surface area contributed by atoms with Crippen molar-refractivity contribution in [3.63, 3.8) is 0 Å². The van der Waals surface area contributed by atoms with Gasteiger partial charge in [-0.25, -0.2) is 0 Å². The zero-order valence-corrected chi connectivity index (χ0v) is 24.8. The summed E-state index contributed by atoms with van der Waals surface area (Å²) < 4.78 is 2.61. The Balaban J connectivity index is 1.26. The molecular formula is C42H27NS. The van der Waals surface area contributed by atoms with Crippen molar-refractivity contribution < 1.29 is 0 Å². The molecule has 9 rings (SSSR count). The molecule has 0 saturated carbocycles. The van der Waals surface area contributed by atoms with E-state index in [2.05, 4.69) is 169 Å². The summed E-state index contributed by atoms with van der Waals surface area (Å²) in [6.45, 7) is 0. The smallest absolute Gasteiger partial charge is 0.0640 e. The van der Waals surface area contributed by atoms with Gasteiger partial charge < -0.3 is 4.90 Å². The fraction of sp³-hybridized carbons (Fsp3) is 0. The monoisotopic (exact) mass is 577 g/mol. The number of rotatable bonds is 4. The van der Waals surface area contributed by atoms with Crippen molar-refractivity contribution in [2.24, 2.45) is 0 Å². The fourth-order valence-electron chi connectivity index (χ4n) is 6.81. The number of anilines is 3. The topological polar surface area (TPSA) is 3.24 Å².